The van der Waals surface area contributed by atoms with Crippen molar-refractivity contribution in [3.05, 3.63) is 174 Å². The van der Waals surface area contributed by atoms with Gasteiger partial charge in [0.05, 0.1) is 0 Å². The molecule has 0 amide bonds. The number of allylic oxidation sites excluding steroid dienone is 9. The second kappa shape index (κ2) is 19.2. The first-order chi connectivity index (χ1) is 17.7. The topological polar surface area (TPSA) is 0 Å². The summed E-state index contributed by atoms with van der Waals surface area (Å²) in [5.74, 6) is 0. The fraction of sp³-hybridized carbons (Fsp3) is 0.211. The Morgan fingerprint density at radius 3 is 1.71 bits per heavy atom. The highest BCUT2D eigenvalue weighted by molar-refractivity contribution is 5.60. The molecule has 0 bridgehead atoms. The molecule has 3 aromatic rings. The van der Waals surface area contributed by atoms with Crippen LogP contribution < -0.4 is 0 Å². The Kier molecular flexibility index (Phi) is 17.3. The summed E-state index contributed by atoms with van der Waals surface area (Å²) >= 11 is 0. The maximum Gasteiger partial charge on any atom is -0.00232 e. The molecule has 0 nitrogen and oxygen atoms in total. The fourth-order valence-electron chi connectivity index (χ4n) is 3.50. The van der Waals surface area contributed by atoms with Gasteiger partial charge in [-0.1, -0.05) is 148 Å². The largest absolute Gasteiger partial charge is 0.0990 e. The van der Waals surface area contributed by atoms with Crippen LogP contribution in [0, 0.1) is 6.92 Å². The summed E-state index contributed by atoms with van der Waals surface area (Å²) < 4.78 is 0. The Balaban J connectivity index is 0.000000546. The van der Waals surface area contributed by atoms with Crippen LogP contribution >= 0.6 is 0 Å². The van der Waals surface area contributed by atoms with Gasteiger partial charge in [0.15, 0.2) is 0 Å². The molecule has 0 radical (unpaired) electrons. The third kappa shape index (κ3) is 12.9. The first kappa shape index (κ1) is 34.1. The quantitative estimate of drug-likeness (QED) is 0.281. The van der Waals surface area contributed by atoms with Crippen molar-refractivity contribution in [1.29, 1.82) is 0 Å². The highest BCUT2D eigenvalue weighted by Crippen LogP contribution is 2.20. The number of benzene rings is 3. The van der Waals surface area contributed by atoms with Gasteiger partial charge in [0.1, 0.15) is 0 Å². The van der Waals surface area contributed by atoms with E-state index in [4.69, 9.17) is 0 Å². The minimum atomic E-state index is 0. The van der Waals surface area contributed by atoms with Crippen LogP contribution in [0.5, 0.6) is 0 Å². The average Bonchev–Trinajstić information content (AvgIpc) is 2.91. The molecule has 0 aliphatic rings. The molecule has 0 N–H and O–H groups in total. The predicted octanol–water partition coefficient (Wildman–Crippen LogP) is 11.5. The van der Waals surface area contributed by atoms with E-state index in [1.54, 1.807) is 0 Å². The molecule has 3 rings (SSSR count). The summed E-state index contributed by atoms with van der Waals surface area (Å²) in [5.41, 5.74) is 11.3. The smallest absolute Gasteiger partial charge is 0.00232 e. The van der Waals surface area contributed by atoms with E-state index in [9.17, 15) is 0 Å². The van der Waals surface area contributed by atoms with Crippen molar-refractivity contribution in [2.75, 3.05) is 0 Å². The number of hydrogen-bond acceptors (Lipinski definition) is 0. The molecule has 0 heteroatoms. The zero-order valence-electron chi connectivity index (χ0n) is 23.7. The molecule has 0 aliphatic heterocycles. The van der Waals surface area contributed by atoms with Crippen LogP contribution in [0.1, 0.15) is 64.3 Å². The van der Waals surface area contributed by atoms with Gasteiger partial charge < -0.3 is 0 Å². The summed E-state index contributed by atoms with van der Waals surface area (Å²) in [6.45, 7) is 23.9. The van der Waals surface area contributed by atoms with E-state index in [1.807, 2.05) is 57.2 Å². The van der Waals surface area contributed by atoms with Crippen molar-refractivity contribution >= 4 is 5.57 Å². The van der Waals surface area contributed by atoms with Gasteiger partial charge in [0.2, 0.25) is 0 Å². The minimum Gasteiger partial charge on any atom is -0.0990 e. The third-order valence-electron chi connectivity index (χ3n) is 6.04. The van der Waals surface area contributed by atoms with E-state index in [0.717, 1.165) is 17.6 Å². The molecule has 0 heterocycles. The monoisotopic (exact) mass is 504 g/mol. The lowest BCUT2D eigenvalue weighted by molar-refractivity contribution is 1.16. The van der Waals surface area contributed by atoms with E-state index in [1.165, 1.54) is 39.0 Å². The lowest BCUT2D eigenvalue weighted by Gasteiger charge is -2.08. The molecule has 0 aromatic heterocycles. The first-order valence-electron chi connectivity index (χ1n) is 12.8. The van der Waals surface area contributed by atoms with Crippen LogP contribution in [0.15, 0.2) is 151 Å². The van der Waals surface area contributed by atoms with Gasteiger partial charge >= 0.3 is 0 Å². The van der Waals surface area contributed by atoms with Crippen LogP contribution in [0.4, 0.5) is 0 Å². The van der Waals surface area contributed by atoms with Gasteiger partial charge in [-0.25, -0.2) is 0 Å². The van der Waals surface area contributed by atoms with E-state index in [2.05, 4.69) is 113 Å². The SMILES string of the molecule is C.C=C(C)c1ccccc1.C=C/C=C(\C=C/C)C(/C)=C(/C)C(=C)C.Cc1ccccc1Cc1ccccc1. The molecule has 200 valence electrons. The molecule has 3 aromatic carbocycles. The summed E-state index contributed by atoms with van der Waals surface area (Å²) in [5, 5.41) is 0. The molecule has 0 aliphatic carbocycles. The number of aryl methyl sites for hydroxylation is 1. The van der Waals surface area contributed by atoms with Gasteiger partial charge in [-0.15, -0.1) is 0 Å². The summed E-state index contributed by atoms with van der Waals surface area (Å²) in [6.07, 6.45) is 8.98. The zero-order chi connectivity index (χ0) is 27.6. The molecule has 0 atom stereocenters. The first-order valence-corrected chi connectivity index (χ1v) is 12.8. The van der Waals surface area contributed by atoms with E-state index in [0.29, 0.717) is 0 Å². The summed E-state index contributed by atoms with van der Waals surface area (Å²) in [4.78, 5) is 0. The van der Waals surface area contributed by atoms with Crippen LogP contribution in [-0.2, 0) is 6.42 Å². The van der Waals surface area contributed by atoms with E-state index >= 15 is 0 Å². The fourth-order valence-corrected chi connectivity index (χ4v) is 3.50. The maximum absolute atomic E-state index is 3.94. The van der Waals surface area contributed by atoms with E-state index in [-0.39, 0.29) is 7.43 Å². The van der Waals surface area contributed by atoms with Crippen molar-refractivity contribution in [3.63, 3.8) is 0 Å². The lowest BCUT2D eigenvalue weighted by atomic mass is 9.98. The Morgan fingerprint density at radius 1 is 0.737 bits per heavy atom. The minimum absolute atomic E-state index is 0. The van der Waals surface area contributed by atoms with E-state index < -0.39 is 0 Å². The molecule has 0 saturated carbocycles. The summed E-state index contributed by atoms with van der Waals surface area (Å²) in [6, 6.07) is 29.3. The van der Waals surface area contributed by atoms with Crippen molar-refractivity contribution < 1.29 is 0 Å². The molecule has 0 saturated heterocycles. The van der Waals surface area contributed by atoms with Crippen molar-refractivity contribution in [1.82, 2.24) is 0 Å². The van der Waals surface area contributed by atoms with Gasteiger partial charge in [-0.2, -0.15) is 0 Å². The predicted molar refractivity (Wildman–Crippen MR) is 175 cm³/mol. The van der Waals surface area contributed by atoms with Crippen molar-refractivity contribution in [2.24, 2.45) is 0 Å². The molecular formula is C38H48. The second-order valence-electron chi connectivity index (χ2n) is 9.12. The number of hydrogen-bond donors (Lipinski definition) is 0. The average molecular weight is 505 g/mol. The van der Waals surface area contributed by atoms with Crippen LogP contribution in [0.3, 0.4) is 0 Å². The van der Waals surface area contributed by atoms with Crippen molar-refractivity contribution in [3.8, 4) is 0 Å². The number of rotatable bonds is 7. The van der Waals surface area contributed by atoms with Crippen LogP contribution in [0.25, 0.3) is 5.57 Å². The lowest BCUT2D eigenvalue weighted by Crippen LogP contribution is -1.90. The molecule has 0 spiro atoms. The highest BCUT2D eigenvalue weighted by Gasteiger charge is 2.00. The van der Waals surface area contributed by atoms with Crippen molar-refractivity contribution in [2.45, 2.75) is 55.4 Å². The normalized spacial score (nSPS) is 11.1. The van der Waals surface area contributed by atoms with Gasteiger partial charge in [-0.3, -0.25) is 0 Å². The van der Waals surface area contributed by atoms with Crippen LogP contribution in [0.2, 0.25) is 0 Å². The Labute approximate surface area is 234 Å². The molecule has 38 heavy (non-hydrogen) atoms. The Morgan fingerprint density at radius 2 is 1.26 bits per heavy atom. The molecule has 0 fully saturated rings. The van der Waals surface area contributed by atoms with Gasteiger partial charge in [-0.05, 0) is 86.9 Å². The Bertz CT molecular complexity index is 1220. The standard InChI is InChI=1S/C14H14.C14H20.C9H10.CH4/c1-12-7-5-6-10-14(12)11-13-8-3-2-4-9-13;1-7-9-14(10-8-2)13(6)12(5)11(3)4;1-8(2)9-6-4-3-5-7-9;/h2-10H,11H2,1H3;7-10H,1,3H2,2,4-6H3;3-7H,1H2,2H3;1H4/b;10-8-,13-12-,14-9+;;. The second-order valence-corrected chi connectivity index (χ2v) is 9.12. The summed E-state index contributed by atoms with van der Waals surface area (Å²) in [7, 11) is 0. The zero-order valence-corrected chi connectivity index (χ0v) is 23.7. The molecule has 0 unspecified atom stereocenters. The Hall–Kier alpha value is -3.90. The maximum atomic E-state index is 3.94. The van der Waals surface area contributed by atoms with Crippen LogP contribution in [-0.4, -0.2) is 0 Å². The molecular weight excluding hydrogens is 456 g/mol. The van der Waals surface area contributed by atoms with Gasteiger partial charge in [0, 0.05) is 0 Å². The highest BCUT2D eigenvalue weighted by atomic mass is 14.1. The third-order valence-corrected chi connectivity index (χ3v) is 6.04. The van der Waals surface area contributed by atoms with Gasteiger partial charge in [0.25, 0.3) is 0 Å².